The van der Waals surface area contributed by atoms with Crippen molar-refractivity contribution in [1.82, 2.24) is 5.16 Å². The summed E-state index contributed by atoms with van der Waals surface area (Å²) in [7, 11) is 1.33. The molecule has 0 radical (unpaired) electrons. The molecular formula is C13H15N3O3. The number of aryl methyl sites for hydroxylation is 1. The van der Waals surface area contributed by atoms with Crippen LogP contribution in [0.2, 0.25) is 0 Å². The zero-order valence-electron chi connectivity index (χ0n) is 10.8. The highest BCUT2D eigenvalue weighted by Gasteiger charge is 2.14. The summed E-state index contributed by atoms with van der Waals surface area (Å²) in [5.74, 6) is 0.289. The molecule has 6 heteroatoms. The molecule has 1 aromatic carbocycles. The number of rotatable bonds is 4. The van der Waals surface area contributed by atoms with Gasteiger partial charge in [0.1, 0.15) is 11.5 Å². The number of carbonyl (C=O) groups is 1. The van der Waals surface area contributed by atoms with Crippen molar-refractivity contribution in [3.8, 4) is 0 Å². The van der Waals surface area contributed by atoms with Crippen LogP contribution < -0.4 is 11.1 Å². The van der Waals surface area contributed by atoms with Gasteiger partial charge >= 0.3 is 5.97 Å². The van der Waals surface area contributed by atoms with Crippen LogP contribution in [0.25, 0.3) is 0 Å². The molecule has 0 atom stereocenters. The van der Waals surface area contributed by atoms with E-state index in [-0.39, 0.29) is 0 Å². The van der Waals surface area contributed by atoms with Crippen molar-refractivity contribution >= 4 is 17.3 Å². The van der Waals surface area contributed by atoms with Crippen LogP contribution in [0.3, 0.4) is 0 Å². The highest BCUT2D eigenvalue weighted by atomic mass is 16.5. The van der Waals surface area contributed by atoms with Gasteiger partial charge in [-0.3, -0.25) is 0 Å². The number of ether oxygens (including phenoxy) is 1. The van der Waals surface area contributed by atoms with Gasteiger partial charge in [0, 0.05) is 6.07 Å². The first-order valence-electron chi connectivity index (χ1n) is 5.74. The number of esters is 1. The number of anilines is 2. The third-order valence-electron chi connectivity index (χ3n) is 2.63. The van der Waals surface area contributed by atoms with Gasteiger partial charge in [-0.25, -0.2) is 4.79 Å². The fourth-order valence-electron chi connectivity index (χ4n) is 1.73. The summed E-state index contributed by atoms with van der Waals surface area (Å²) in [5, 5.41) is 6.94. The lowest BCUT2D eigenvalue weighted by molar-refractivity contribution is 0.0602. The molecule has 0 spiro atoms. The molecule has 0 aliphatic heterocycles. The third-order valence-corrected chi connectivity index (χ3v) is 2.63. The normalized spacial score (nSPS) is 10.2. The van der Waals surface area contributed by atoms with Gasteiger partial charge in [0.15, 0.2) is 0 Å². The van der Waals surface area contributed by atoms with Gasteiger partial charge in [-0.2, -0.15) is 0 Å². The van der Waals surface area contributed by atoms with Crippen LogP contribution in [0.1, 0.15) is 21.8 Å². The number of carbonyl (C=O) groups excluding carboxylic acids is 1. The summed E-state index contributed by atoms with van der Waals surface area (Å²) in [4.78, 5) is 11.7. The average molecular weight is 261 g/mol. The first-order valence-corrected chi connectivity index (χ1v) is 5.74. The number of methoxy groups -OCH3 is 1. The monoisotopic (exact) mass is 261 g/mol. The van der Waals surface area contributed by atoms with Crippen molar-refractivity contribution in [2.24, 2.45) is 0 Å². The van der Waals surface area contributed by atoms with E-state index in [0.29, 0.717) is 23.5 Å². The number of hydrogen-bond donors (Lipinski definition) is 2. The Kier molecular flexibility index (Phi) is 3.70. The van der Waals surface area contributed by atoms with Crippen molar-refractivity contribution in [3.05, 3.63) is 41.3 Å². The molecule has 0 unspecified atom stereocenters. The standard InChI is InChI=1S/C13H15N3O3/c1-8-6-9(16-19-8)7-15-12-10(13(17)18-2)4-3-5-11(12)14/h3-6,15H,7,14H2,1-2H3. The van der Waals surface area contributed by atoms with Crippen LogP contribution in [0.4, 0.5) is 11.4 Å². The second kappa shape index (κ2) is 5.43. The summed E-state index contributed by atoms with van der Waals surface area (Å²) in [6.07, 6.45) is 0. The molecule has 0 bridgehead atoms. The van der Waals surface area contributed by atoms with E-state index in [4.69, 9.17) is 15.0 Å². The number of nitrogens with one attached hydrogen (secondary N) is 1. The van der Waals surface area contributed by atoms with Crippen LogP contribution in [0.5, 0.6) is 0 Å². The van der Waals surface area contributed by atoms with E-state index in [2.05, 4.69) is 10.5 Å². The second-order valence-corrected chi connectivity index (χ2v) is 4.04. The Balaban J connectivity index is 2.21. The molecular weight excluding hydrogens is 246 g/mol. The number of hydrogen-bond acceptors (Lipinski definition) is 6. The van der Waals surface area contributed by atoms with E-state index < -0.39 is 5.97 Å². The maximum atomic E-state index is 11.7. The third kappa shape index (κ3) is 2.85. The molecule has 6 nitrogen and oxygen atoms in total. The molecule has 0 saturated heterocycles. The molecule has 0 amide bonds. The molecule has 3 N–H and O–H groups in total. The quantitative estimate of drug-likeness (QED) is 0.646. The van der Waals surface area contributed by atoms with Gasteiger partial charge in [0.2, 0.25) is 0 Å². The molecule has 0 aliphatic rings. The Morgan fingerprint density at radius 2 is 2.32 bits per heavy atom. The van der Waals surface area contributed by atoms with E-state index >= 15 is 0 Å². The van der Waals surface area contributed by atoms with E-state index in [1.165, 1.54) is 7.11 Å². The fraction of sp³-hybridized carbons (Fsp3) is 0.231. The van der Waals surface area contributed by atoms with Crippen molar-refractivity contribution in [1.29, 1.82) is 0 Å². The van der Waals surface area contributed by atoms with Crippen molar-refractivity contribution in [3.63, 3.8) is 0 Å². The first-order chi connectivity index (χ1) is 9.11. The lowest BCUT2D eigenvalue weighted by Crippen LogP contribution is -2.10. The molecule has 2 rings (SSSR count). The van der Waals surface area contributed by atoms with Crippen LogP contribution in [-0.4, -0.2) is 18.2 Å². The van der Waals surface area contributed by atoms with E-state index in [1.807, 2.05) is 13.0 Å². The molecule has 0 saturated carbocycles. The lowest BCUT2D eigenvalue weighted by Gasteiger charge is -2.12. The predicted octanol–water partition coefficient (Wildman–Crippen LogP) is 1.96. The molecule has 0 aliphatic carbocycles. The Morgan fingerprint density at radius 3 is 2.95 bits per heavy atom. The molecule has 0 fully saturated rings. The van der Waals surface area contributed by atoms with Crippen molar-refractivity contribution < 1.29 is 14.1 Å². The number of aromatic nitrogens is 1. The Labute approximate surface area is 110 Å². The summed E-state index contributed by atoms with van der Waals surface area (Å²) < 4.78 is 9.69. The maximum absolute atomic E-state index is 11.7. The molecule has 1 heterocycles. The molecule has 100 valence electrons. The van der Waals surface area contributed by atoms with Gasteiger partial charge in [-0.15, -0.1) is 0 Å². The number of nitrogens with zero attached hydrogens (tertiary/aromatic N) is 1. The number of benzene rings is 1. The van der Waals surface area contributed by atoms with Gasteiger partial charge < -0.3 is 20.3 Å². The fourth-order valence-corrected chi connectivity index (χ4v) is 1.73. The minimum Gasteiger partial charge on any atom is -0.465 e. The molecule has 1 aromatic heterocycles. The van der Waals surface area contributed by atoms with Crippen LogP contribution in [0.15, 0.2) is 28.8 Å². The van der Waals surface area contributed by atoms with Gasteiger partial charge in [-0.1, -0.05) is 11.2 Å². The Bertz CT molecular complexity index is 593. The van der Waals surface area contributed by atoms with Gasteiger partial charge in [-0.05, 0) is 19.1 Å². The highest BCUT2D eigenvalue weighted by Crippen LogP contribution is 2.24. The van der Waals surface area contributed by atoms with Crippen LogP contribution >= 0.6 is 0 Å². The minimum absolute atomic E-state index is 0.391. The van der Waals surface area contributed by atoms with Gasteiger partial charge in [0.25, 0.3) is 0 Å². The zero-order valence-corrected chi connectivity index (χ0v) is 10.8. The van der Waals surface area contributed by atoms with Crippen LogP contribution in [0, 0.1) is 6.92 Å². The zero-order chi connectivity index (χ0) is 13.8. The first kappa shape index (κ1) is 12.9. The SMILES string of the molecule is COC(=O)c1cccc(N)c1NCc1cc(C)on1. The number of nitrogens with two attached hydrogens (primary N) is 1. The minimum atomic E-state index is -0.439. The smallest absolute Gasteiger partial charge is 0.340 e. The number of para-hydroxylation sites is 1. The van der Waals surface area contributed by atoms with Crippen molar-refractivity contribution in [2.75, 3.05) is 18.2 Å². The maximum Gasteiger partial charge on any atom is 0.340 e. The van der Waals surface area contributed by atoms with Crippen LogP contribution in [-0.2, 0) is 11.3 Å². The molecule has 19 heavy (non-hydrogen) atoms. The Hall–Kier alpha value is -2.50. The molecule has 2 aromatic rings. The Morgan fingerprint density at radius 1 is 1.53 bits per heavy atom. The predicted molar refractivity (Wildman–Crippen MR) is 70.8 cm³/mol. The number of nitrogen functional groups attached to an aromatic ring is 1. The summed E-state index contributed by atoms with van der Waals surface area (Å²) in [6.45, 7) is 2.23. The second-order valence-electron chi connectivity index (χ2n) is 4.04. The lowest BCUT2D eigenvalue weighted by atomic mass is 10.1. The van der Waals surface area contributed by atoms with E-state index in [9.17, 15) is 4.79 Å². The average Bonchev–Trinajstić information content (AvgIpc) is 2.82. The van der Waals surface area contributed by atoms with E-state index in [0.717, 1.165) is 11.5 Å². The highest BCUT2D eigenvalue weighted by molar-refractivity contribution is 5.98. The topological polar surface area (TPSA) is 90.4 Å². The summed E-state index contributed by atoms with van der Waals surface area (Å²) >= 11 is 0. The van der Waals surface area contributed by atoms with E-state index in [1.54, 1.807) is 18.2 Å². The van der Waals surface area contributed by atoms with Crippen molar-refractivity contribution in [2.45, 2.75) is 13.5 Å². The largest absolute Gasteiger partial charge is 0.465 e. The van der Waals surface area contributed by atoms with Gasteiger partial charge in [0.05, 0.1) is 30.6 Å². The summed E-state index contributed by atoms with van der Waals surface area (Å²) in [5.41, 5.74) is 8.01. The summed E-state index contributed by atoms with van der Waals surface area (Å²) in [6, 6.07) is 6.87.